The van der Waals surface area contributed by atoms with Crippen molar-refractivity contribution in [1.82, 2.24) is 4.72 Å². The second-order valence-electron chi connectivity index (χ2n) is 5.00. The Balaban J connectivity index is 1.86. The van der Waals surface area contributed by atoms with Crippen LogP contribution in [-0.2, 0) is 26.0 Å². The first-order valence-electron chi connectivity index (χ1n) is 6.57. The summed E-state index contributed by atoms with van der Waals surface area (Å²) < 4.78 is 27.1. The Labute approximate surface area is 126 Å². The fourth-order valence-corrected chi connectivity index (χ4v) is 4.67. The average molecular weight is 326 g/mol. The number of hydrogen-bond acceptors (Lipinski definition) is 5. The summed E-state index contributed by atoms with van der Waals surface area (Å²) in [6.07, 6.45) is 1.38. The molecule has 8 heteroatoms. The van der Waals surface area contributed by atoms with E-state index < -0.39 is 16.1 Å². The summed E-state index contributed by atoms with van der Waals surface area (Å²) in [5.41, 5.74) is 1.45. The van der Waals surface area contributed by atoms with Gasteiger partial charge in [0.1, 0.15) is 0 Å². The minimum absolute atomic E-state index is 0.0650. The topological polar surface area (TPSA) is 92.3 Å². The number of hydrogen-bond donors (Lipinski definition) is 2. The maximum Gasteiger partial charge on any atom is 0.241 e. The fraction of sp³-hybridized carbons (Fsp3) is 0.385. The van der Waals surface area contributed by atoms with Gasteiger partial charge in [0.2, 0.25) is 21.0 Å². The Morgan fingerprint density at radius 3 is 2.76 bits per heavy atom. The van der Waals surface area contributed by atoms with Crippen LogP contribution in [0.1, 0.15) is 18.4 Å². The number of sulfonamides is 1. The number of aryl methyl sites for hydroxylation is 1. The quantitative estimate of drug-likeness (QED) is 0.860. The van der Waals surface area contributed by atoms with E-state index in [-0.39, 0.29) is 15.9 Å². The van der Waals surface area contributed by atoms with Gasteiger partial charge in [-0.05, 0) is 36.6 Å². The average Bonchev–Trinajstić information content (AvgIpc) is 2.83. The Morgan fingerprint density at radius 1 is 1.24 bits per heavy atom. The molecule has 0 radical (unpaired) electrons. The van der Waals surface area contributed by atoms with Crippen molar-refractivity contribution in [1.29, 1.82) is 0 Å². The molecule has 1 atom stereocenters. The largest absolute Gasteiger partial charge is 0.326 e. The highest BCUT2D eigenvalue weighted by Gasteiger charge is 2.30. The lowest BCUT2D eigenvalue weighted by molar-refractivity contribution is -0.116. The molecule has 3 rings (SSSR count). The van der Waals surface area contributed by atoms with Gasteiger partial charge in [0.25, 0.3) is 0 Å². The number of benzene rings is 1. The molecule has 21 heavy (non-hydrogen) atoms. The van der Waals surface area contributed by atoms with Gasteiger partial charge in [-0.1, -0.05) is 11.8 Å². The third kappa shape index (κ3) is 2.97. The van der Waals surface area contributed by atoms with Gasteiger partial charge in [0.05, 0.1) is 10.9 Å². The molecule has 1 amide bonds. The molecule has 1 fully saturated rings. The Bertz CT molecular complexity index is 715. The van der Waals surface area contributed by atoms with Gasteiger partial charge in [-0.15, -0.1) is 0 Å². The van der Waals surface area contributed by atoms with Gasteiger partial charge in [0.15, 0.2) is 0 Å². The number of fused-ring (bicyclic) bond motifs is 1. The standard InChI is InChI=1S/C13H14N2O4S2/c16-12-4-1-8-7-9(2-3-10(8)14-12)21(18,19)15-11-5-6-20-13(11)17/h2-3,7,11,15H,1,4-6H2,(H,14,16)/t11-/m1/s1. The normalized spacial score (nSPS) is 22.0. The third-order valence-electron chi connectivity index (χ3n) is 3.52. The number of amides is 1. The summed E-state index contributed by atoms with van der Waals surface area (Å²) in [4.78, 5) is 23.0. The number of thioether (sulfide) groups is 1. The first-order chi connectivity index (χ1) is 9.95. The van der Waals surface area contributed by atoms with Gasteiger partial charge in [0, 0.05) is 17.9 Å². The minimum atomic E-state index is -3.72. The van der Waals surface area contributed by atoms with Crippen LogP contribution in [0.5, 0.6) is 0 Å². The van der Waals surface area contributed by atoms with Crippen molar-refractivity contribution >= 4 is 38.5 Å². The van der Waals surface area contributed by atoms with Gasteiger partial charge >= 0.3 is 0 Å². The minimum Gasteiger partial charge on any atom is -0.326 e. The van der Waals surface area contributed by atoms with Gasteiger partial charge in [-0.2, -0.15) is 4.72 Å². The first kappa shape index (κ1) is 14.6. The summed E-state index contributed by atoms with van der Waals surface area (Å²) in [7, 11) is -3.72. The molecule has 6 nitrogen and oxygen atoms in total. The molecule has 0 aliphatic carbocycles. The summed E-state index contributed by atoms with van der Waals surface area (Å²) in [6.45, 7) is 0. The molecule has 2 aliphatic rings. The van der Waals surface area contributed by atoms with E-state index in [9.17, 15) is 18.0 Å². The SMILES string of the molecule is O=C1CCc2cc(S(=O)(=O)N[C@@H]3CCSC3=O)ccc2N1. The predicted octanol–water partition coefficient (Wildman–Crippen LogP) is 0.882. The number of anilines is 1. The Hall–Kier alpha value is -1.38. The maximum absolute atomic E-state index is 12.3. The molecule has 2 heterocycles. The van der Waals surface area contributed by atoms with E-state index in [1.807, 2.05) is 0 Å². The molecule has 0 spiro atoms. The first-order valence-corrected chi connectivity index (χ1v) is 9.04. The highest BCUT2D eigenvalue weighted by Crippen LogP contribution is 2.26. The number of carbonyl (C=O) groups is 2. The predicted molar refractivity (Wildman–Crippen MR) is 79.6 cm³/mol. The van der Waals surface area contributed by atoms with Crippen LogP contribution < -0.4 is 10.0 Å². The number of rotatable bonds is 3. The fourth-order valence-electron chi connectivity index (χ4n) is 2.39. The van der Waals surface area contributed by atoms with Crippen molar-refractivity contribution in [2.24, 2.45) is 0 Å². The molecular formula is C13H14N2O4S2. The summed E-state index contributed by atoms with van der Waals surface area (Å²) in [5.74, 6) is 0.576. The maximum atomic E-state index is 12.3. The van der Waals surface area contributed by atoms with E-state index in [2.05, 4.69) is 10.0 Å². The smallest absolute Gasteiger partial charge is 0.241 e. The molecule has 0 bridgehead atoms. The molecule has 1 aromatic rings. The van der Waals surface area contributed by atoms with Crippen LogP contribution in [0.25, 0.3) is 0 Å². The van der Waals surface area contributed by atoms with Crippen LogP contribution in [0, 0.1) is 0 Å². The zero-order valence-electron chi connectivity index (χ0n) is 11.1. The van der Waals surface area contributed by atoms with Crippen LogP contribution in [0.15, 0.2) is 23.1 Å². The molecule has 112 valence electrons. The van der Waals surface area contributed by atoms with Gasteiger partial charge < -0.3 is 5.32 Å². The van der Waals surface area contributed by atoms with Crippen molar-refractivity contribution in [2.75, 3.05) is 11.1 Å². The van der Waals surface area contributed by atoms with Crippen molar-refractivity contribution in [3.63, 3.8) is 0 Å². The highest BCUT2D eigenvalue weighted by atomic mass is 32.2. The summed E-state index contributed by atoms with van der Waals surface area (Å²) in [6, 6.07) is 3.95. The lowest BCUT2D eigenvalue weighted by Gasteiger charge is -2.18. The zero-order chi connectivity index (χ0) is 15.0. The van der Waals surface area contributed by atoms with E-state index in [1.54, 1.807) is 12.1 Å². The van der Waals surface area contributed by atoms with Crippen LogP contribution in [-0.4, -0.2) is 31.2 Å². The summed E-state index contributed by atoms with van der Waals surface area (Å²) in [5, 5.41) is 2.57. The van der Waals surface area contributed by atoms with Crippen molar-refractivity contribution in [3.05, 3.63) is 23.8 Å². The van der Waals surface area contributed by atoms with Crippen LogP contribution in [0.4, 0.5) is 5.69 Å². The van der Waals surface area contributed by atoms with Crippen LogP contribution in [0.3, 0.4) is 0 Å². The van der Waals surface area contributed by atoms with E-state index in [4.69, 9.17) is 0 Å². The van der Waals surface area contributed by atoms with E-state index in [1.165, 1.54) is 6.07 Å². The van der Waals surface area contributed by atoms with Gasteiger partial charge in [-0.3, -0.25) is 9.59 Å². The van der Waals surface area contributed by atoms with E-state index in [0.717, 1.165) is 17.3 Å². The molecule has 1 aromatic carbocycles. The summed E-state index contributed by atoms with van der Waals surface area (Å²) >= 11 is 1.15. The Morgan fingerprint density at radius 2 is 2.05 bits per heavy atom. The molecule has 0 saturated carbocycles. The third-order valence-corrected chi connectivity index (χ3v) is 5.99. The molecule has 2 N–H and O–H groups in total. The molecule has 0 aromatic heterocycles. The number of carbonyl (C=O) groups excluding carboxylic acids is 2. The lowest BCUT2D eigenvalue weighted by atomic mass is 10.0. The Kier molecular flexibility index (Phi) is 3.76. The highest BCUT2D eigenvalue weighted by molar-refractivity contribution is 8.14. The second-order valence-corrected chi connectivity index (χ2v) is 7.81. The van der Waals surface area contributed by atoms with Crippen molar-refractivity contribution in [2.45, 2.75) is 30.2 Å². The molecule has 2 aliphatic heterocycles. The second kappa shape index (κ2) is 5.43. The van der Waals surface area contributed by atoms with Gasteiger partial charge in [-0.25, -0.2) is 8.42 Å². The van der Waals surface area contributed by atoms with E-state index >= 15 is 0 Å². The monoisotopic (exact) mass is 326 g/mol. The number of nitrogens with one attached hydrogen (secondary N) is 2. The van der Waals surface area contributed by atoms with E-state index in [0.29, 0.717) is 30.7 Å². The lowest BCUT2D eigenvalue weighted by Crippen LogP contribution is -2.37. The zero-order valence-corrected chi connectivity index (χ0v) is 12.7. The molecule has 0 unspecified atom stereocenters. The van der Waals surface area contributed by atoms with Crippen molar-refractivity contribution in [3.8, 4) is 0 Å². The van der Waals surface area contributed by atoms with Crippen LogP contribution >= 0.6 is 11.8 Å². The van der Waals surface area contributed by atoms with Crippen LogP contribution in [0.2, 0.25) is 0 Å². The van der Waals surface area contributed by atoms with Crippen molar-refractivity contribution < 1.29 is 18.0 Å². The molecule has 1 saturated heterocycles. The molecular weight excluding hydrogens is 312 g/mol.